The highest BCUT2D eigenvalue weighted by atomic mass is 16.5. The maximum atomic E-state index is 12.7. The van der Waals surface area contributed by atoms with Crippen molar-refractivity contribution in [2.45, 2.75) is 44.1 Å². The largest absolute Gasteiger partial charge is 0.488 e. The summed E-state index contributed by atoms with van der Waals surface area (Å²) in [6, 6.07) is 16.4. The predicted molar refractivity (Wildman–Crippen MR) is 135 cm³/mol. The molecule has 2 atom stereocenters. The molecule has 1 heterocycles. The van der Waals surface area contributed by atoms with Gasteiger partial charge in [-0.05, 0) is 72.8 Å². The zero-order chi connectivity index (χ0) is 24.7. The van der Waals surface area contributed by atoms with Crippen LogP contribution in [0.4, 0.5) is 0 Å². The van der Waals surface area contributed by atoms with Crippen LogP contribution in [-0.2, 0) is 21.6 Å². The summed E-state index contributed by atoms with van der Waals surface area (Å²) < 4.78 is 6.37. The molecule has 4 bridgehead atoms. The van der Waals surface area contributed by atoms with Gasteiger partial charge in [-0.25, -0.2) is 14.8 Å². The number of nitrogens with zero attached hydrogens (tertiary/aromatic N) is 2. The lowest BCUT2D eigenvalue weighted by molar-refractivity contribution is -0.142. The fourth-order valence-corrected chi connectivity index (χ4v) is 6.72. The van der Waals surface area contributed by atoms with Crippen molar-refractivity contribution in [1.29, 1.82) is 0 Å². The van der Waals surface area contributed by atoms with Gasteiger partial charge in [0.1, 0.15) is 18.1 Å². The zero-order valence-electron chi connectivity index (χ0n) is 20.0. The van der Waals surface area contributed by atoms with Gasteiger partial charge in [0.15, 0.2) is 5.82 Å². The Hall–Kier alpha value is -3.80. The van der Waals surface area contributed by atoms with Gasteiger partial charge >= 0.3 is 5.97 Å². The summed E-state index contributed by atoms with van der Waals surface area (Å²) >= 11 is 0. The summed E-state index contributed by atoms with van der Waals surface area (Å²) in [5.41, 5.74) is 3.78. The highest BCUT2D eigenvalue weighted by Crippen LogP contribution is 2.59. The summed E-state index contributed by atoms with van der Waals surface area (Å²) in [6.45, 7) is 0.427. The van der Waals surface area contributed by atoms with Crippen LogP contribution in [0.2, 0.25) is 0 Å². The van der Waals surface area contributed by atoms with Crippen molar-refractivity contribution in [2.24, 2.45) is 17.8 Å². The van der Waals surface area contributed by atoms with Gasteiger partial charge < -0.3 is 9.84 Å². The zero-order valence-corrected chi connectivity index (χ0v) is 20.0. The number of benzene rings is 2. The molecule has 4 aliphatic rings. The van der Waals surface area contributed by atoms with E-state index in [-0.39, 0.29) is 17.3 Å². The SMILES string of the molecule is O=C(O)/C=C/c1cnc(-c2ccc(C34CC5CC(C3)C(=O)C(C5)C4)cc2OCc2ccccc2)nc1. The fourth-order valence-electron chi connectivity index (χ4n) is 6.72. The van der Waals surface area contributed by atoms with Gasteiger partial charge in [0.25, 0.3) is 0 Å². The average molecular weight is 481 g/mol. The maximum Gasteiger partial charge on any atom is 0.328 e. The van der Waals surface area contributed by atoms with Crippen LogP contribution in [0.5, 0.6) is 5.75 Å². The van der Waals surface area contributed by atoms with E-state index in [0.717, 1.165) is 55.1 Å². The van der Waals surface area contributed by atoms with Crippen LogP contribution >= 0.6 is 0 Å². The summed E-state index contributed by atoms with van der Waals surface area (Å²) in [5.74, 6) is 1.79. The third-order valence-electron chi connectivity index (χ3n) is 8.16. The van der Waals surface area contributed by atoms with Crippen molar-refractivity contribution in [3.63, 3.8) is 0 Å². The molecule has 0 aliphatic heterocycles. The molecule has 6 heteroatoms. The van der Waals surface area contributed by atoms with E-state index in [2.05, 4.69) is 22.1 Å². The second-order valence-corrected chi connectivity index (χ2v) is 10.5. The number of aromatic nitrogens is 2. The van der Waals surface area contributed by atoms with Crippen molar-refractivity contribution in [3.05, 3.63) is 83.7 Å². The first-order valence-electron chi connectivity index (χ1n) is 12.6. The quantitative estimate of drug-likeness (QED) is 0.451. The Balaban J connectivity index is 1.35. The molecule has 7 rings (SSSR count). The van der Waals surface area contributed by atoms with Crippen LogP contribution in [0.15, 0.2) is 67.0 Å². The Labute approximate surface area is 210 Å². The molecule has 2 aromatic carbocycles. The first-order valence-corrected chi connectivity index (χ1v) is 12.6. The van der Waals surface area contributed by atoms with E-state index in [1.807, 2.05) is 36.4 Å². The molecule has 1 N–H and O–H groups in total. The van der Waals surface area contributed by atoms with E-state index >= 15 is 0 Å². The molecule has 4 aliphatic carbocycles. The highest BCUT2D eigenvalue weighted by molar-refractivity contribution is 5.86. The number of ketones is 1. The van der Waals surface area contributed by atoms with E-state index < -0.39 is 5.97 Å². The summed E-state index contributed by atoms with van der Waals surface area (Å²) in [4.78, 5) is 32.5. The normalized spacial score (nSPS) is 26.4. The number of carboxylic acid groups (broad SMARTS) is 1. The minimum absolute atomic E-state index is 0.0418. The summed E-state index contributed by atoms with van der Waals surface area (Å²) in [6.07, 6.45) is 10.9. The Bertz CT molecular complexity index is 1310. The lowest BCUT2D eigenvalue weighted by Gasteiger charge is -2.56. The number of Topliss-reactive ketones (excluding diaryl/α,β-unsaturated/α-hetero) is 1. The molecule has 4 saturated carbocycles. The first-order chi connectivity index (χ1) is 17.5. The number of aliphatic carboxylic acids is 1. The third-order valence-corrected chi connectivity index (χ3v) is 8.16. The predicted octanol–water partition coefficient (Wildman–Crippen LogP) is 5.47. The van der Waals surface area contributed by atoms with Crippen molar-refractivity contribution in [2.75, 3.05) is 0 Å². The maximum absolute atomic E-state index is 12.7. The van der Waals surface area contributed by atoms with Crippen LogP contribution in [0.25, 0.3) is 17.5 Å². The molecular weight excluding hydrogens is 452 g/mol. The molecule has 2 unspecified atom stereocenters. The Morgan fingerprint density at radius 3 is 2.44 bits per heavy atom. The number of hydrogen-bond acceptors (Lipinski definition) is 5. The smallest absolute Gasteiger partial charge is 0.328 e. The minimum atomic E-state index is -1.02. The molecule has 182 valence electrons. The molecule has 3 aromatic rings. The van der Waals surface area contributed by atoms with Crippen molar-refractivity contribution in [3.8, 4) is 17.1 Å². The lowest BCUT2D eigenvalue weighted by Crippen LogP contribution is -2.53. The molecule has 0 amide bonds. The van der Waals surface area contributed by atoms with Gasteiger partial charge in [-0.1, -0.05) is 36.4 Å². The number of carbonyl (C=O) groups is 2. The second kappa shape index (κ2) is 9.01. The van der Waals surface area contributed by atoms with E-state index in [4.69, 9.17) is 9.84 Å². The van der Waals surface area contributed by atoms with Gasteiger partial charge in [-0.3, -0.25) is 4.79 Å². The van der Waals surface area contributed by atoms with E-state index in [1.165, 1.54) is 11.6 Å². The minimum Gasteiger partial charge on any atom is -0.488 e. The number of rotatable bonds is 7. The Kier molecular flexibility index (Phi) is 5.67. The van der Waals surface area contributed by atoms with E-state index in [0.29, 0.717) is 29.7 Å². The van der Waals surface area contributed by atoms with Gasteiger partial charge in [0.05, 0.1) is 5.56 Å². The van der Waals surface area contributed by atoms with Crippen LogP contribution in [0.3, 0.4) is 0 Å². The molecule has 0 radical (unpaired) electrons. The van der Waals surface area contributed by atoms with Crippen LogP contribution < -0.4 is 4.74 Å². The number of carboxylic acids is 1. The molecule has 36 heavy (non-hydrogen) atoms. The molecule has 6 nitrogen and oxygen atoms in total. The molecule has 0 spiro atoms. The fraction of sp³-hybridized carbons (Fsp3) is 0.333. The van der Waals surface area contributed by atoms with Crippen molar-refractivity contribution >= 4 is 17.8 Å². The van der Waals surface area contributed by atoms with E-state index in [1.54, 1.807) is 12.4 Å². The van der Waals surface area contributed by atoms with E-state index in [9.17, 15) is 9.59 Å². The van der Waals surface area contributed by atoms with Crippen molar-refractivity contribution in [1.82, 2.24) is 9.97 Å². The third kappa shape index (κ3) is 4.21. The number of carbonyl (C=O) groups excluding carboxylic acids is 1. The second-order valence-electron chi connectivity index (χ2n) is 10.5. The van der Waals surface area contributed by atoms with Crippen LogP contribution in [-0.4, -0.2) is 26.8 Å². The van der Waals surface area contributed by atoms with Gasteiger partial charge in [-0.2, -0.15) is 0 Å². The first kappa shape index (κ1) is 22.7. The monoisotopic (exact) mass is 480 g/mol. The van der Waals surface area contributed by atoms with Crippen LogP contribution in [0, 0.1) is 17.8 Å². The summed E-state index contributed by atoms with van der Waals surface area (Å²) in [7, 11) is 0. The molecule has 1 aromatic heterocycles. The van der Waals surface area contributed by atoms with Crippen molar-refractivity contribution < 1.29 is 19.4 Å². The molecular formula is C30H28N2O4. The highest BCUT2D eigenvalue weighted by Gasteiger charge is 2.55. The standard InChI is InChI=1S/C30H28N2O4/c33-27(34)9-6-20-16-31-29(32-17-20)25-8-7-24(12-26(25)36-18-19-4-2-1-3-5-19)30-13-21-10-22(14-30)28(35)23(11-21)15-30/h1-9,12,16-17,21-23H,10-11,13-15,18H2,(H,33,34)/b9-6+. The lowest BCUT2D eigenvalue weighted by atomic mass is 9.47. The Morgan fingerprint density at radius 1 is 1.03 bits per heavy atom. The molecule has 4 fully saturated rings. The average Bonchev–Trinajstić information content (AvgIpc) is 2.89. The van der Waals surface area contributed by atoms with Gasteiger partial charge in [-0.15, -0.1) is 0 Å². The van der Waals surface area contributed by atoms with Crippen LogP contribution in [0.1, 0.15) is 48.8 Å². The number of hydrogen-bond donors (Lipinski definition) is 1. The number of ether oxygens (including phenoxy) is 1. The Morgan fingerprint density at radius 2 is 1.75 bits per heavy atom. The summed E-state index contributed by atoms with van der Waals surface area (Å²) in [5, 5.41) is 8.86. The van der Waals surface area contributed by atoms with Gasteiger partial charge in [0, 0.05) is 35.9 Å². The molecule has 0 saturated heterocycles. The van der Waals surface area contributed by atoms with Gasteiger partial charge in [0.2, 0.25) is 0 Å². The topological polar surface area (TPSA) is 89.4 Å².